The summed E-state index contributed by atoms with van der Waals surface area (Å²) in [6, 6.07) is 5.03. The Kier molecular flexibility index (Phi) is 5.76. The van der Waals surface area contributed by atoms with E-state index in [1.165, 1.54) is 26.4 Å². The van der Waals surface area contributed by atoms with Crippen LogP contribution in [0.1, 0.15) is 56.5 Å². The van der Waals surface area contributed by atoms with Gasteiger partial charge in [0, 0.05) is 18.1 Å². The van der Waals surface area contributed by atoms with Crippen molar-refractivity contribution in [2.45, 2.75) is 39.5 Å². The van der Waals surface area contributed by atoms with E-state index in [0.717, 1.165) is 41.7 Å². The average molecular weight is 492 g/mol. The quantitative estimate of drug-likeness (QED) is 0.335. The Hall–Kier alpha value is -3.79. The number of aryl methyl sites for hydroxylation is 3. The molecule has 0 aliphatic heterocycles. The smallest absolute Gasteiger partial charge is 0.341 e. The molecule has 0 bridgehead atoms. The predicted octanol–water partition coefficient (Wildman–Crippen LogP) is 3.34. The number of thiophene rings is 1. The van der Waals surface area contributed by atoms with Crippen LogP contribution in [-0.2, 0) is 24.6 Å². The van der Waals surface area contributed by atoms with Gasteiger partial charge in [-0.3, -0.25) is 19.4 Å². The van der Waals surface area contributed by atoms with Crippen LogP contribution in [0.25, 0.3) is 16.7 Å². The zero-order valence-electron chi connectivity index (χ0n) is 19.7. The maximum Gasteiger partial charge on any atom is 0.341 e. The van der Waals surface area contributed by atoms with Gasteiger partial charge in [-0.15, -0.1) is 11.3 Å². The summed E-state index contributed by atoms with van der Waals surface area (Å²) in [6.07, 6.45) is 5.26. The van der Waals surface area contributed by atoms with Crippen LogP contribution in [0, 0.1) is 12.3 Å². The maximum atomic E-state index is 13.4. The summed E-state index contributed by atoms with van der Waals surface area (Å²) in [7, 11) is 1.61. The number of pyridine rings is 2. The molecule has 1 aliphatic carbocycles. The van der Waals surface area contributed by atoms with Crippen LogP contribution < -0.4 is 16.4 Å². The SMILES string of the molecule is CCOC(=O)c1c(NC(=O)c2cc3c(=O)n4cccc(C)c4nc3n(C)c2=N)sc2c1CCCC2. The van der Waals surface area contributed by atoms with Gasteiger partial charge in [-0.2, -0.15) is 0 Å². The number of amides is 1. The highest BCUT2D eigenvalue weighted by Crippen LogP contribution is 2.38. The fourth-order valence-electron chi connectivity index (χ4n) is 4.60. The number of carbonyl (C=O) groups is 2. The Morgan fingerprint density at radius 3 is 2.80 bits per heavy atom. The molecule has 4 aromatic heterocycles. The standard InChI is InChI=1S/C25H25N5O4S/c1-4-34-25(33)18-14-9-5-6-10-17(14)35-23(18)28-22(31)15-12-16-21(29(3)19(15)26)27-20-13(2)8-7-11-30(20)24(16)32/h7-8,11-12,26H,4-6,9-10H2,1-3H3,(H,28,31). The van der Waals surface area contributed by atoms with Crippen molar-refractivity contribution in [2.24, 2.45) is 7.05 Å². The maximum absolute atomic E-state index is 13.4. The lowest BCUT2D eigenvalue weighted by molar-refractivity contribution is 0.0526. The lowest BCUT2D eigenvalue weighted by Crippen LogP contribution is -2.31. The summed E-state index contributed by atoms with van der Waals surface area (Å²) in [5, 5.41) is 12.1. The van der Waals surface area contributed by atoms with E-state index in [9.17, 15) is 14.4 Å². The molecule has 0 saturated carbocycles. The minimum atomic E-state index is -0.564. The first-order valence-corrected chi connectivity index (χ1v) is 12.3. The first-order valence-electron chi connectivity index (χ1n) is 11.5. The molecule has 10 heteroatoms. The Labute approximate surface area is 204 Å². The summed E-state index contributed by atoms with van der Waals surface area (Å²) in [5.41, 5.74) is 2.61. The van der Waals surface area contributed by atoms with Crippen LogP contribution in [0.2, 0.25) is 0 Å². The van der Waals surface area contributed by atoms with Crippen molar-refractivity contribution in [2.75, 3.05) is 11.9 Å². The molecule has 180 valence electrons. The average Bonchev–Trinajstić information content (AvgIpc) is 3.20. The lowest BCUT2D eigenvalue weighted by atomic mass is 9.95. The zero-order chi connectivity index (χ0) is 24.9. The number of rotatable bonds is 4. The molecular weight excluding hydrogens is 466 g/mol. The molecule has 0 radical (unpaired) electrons. The Balaban J connectivity index is 1.63. The molecule has 2 N–H and O–H groups in total. The summed E-state index contributed by atoms with van der Waals surface area (Å²) < 4.78 is 8.14. The summed E-state index contributed by atoms with van der Waals surface area (Å²) in [4.78, 5) is 45.1. The van der Waals surface area contributed by atoms with E-state index in [1.807, 2.05) is 13.0 Å². The fraction of sp³-hybridized carbons (Fsp3) is 0.320. The van der Waals surface area contributed by atoms with Gasteiger partial charge in [0.15, 0.2) is 0 Å². The third-order valence-electron chi connectivity index (χ3n) is 6.38. The van der Waals surface area contributed by atoms with Crippen molar-refractivity contribution in [3.8, 4) is 0 Å². The van der Waals surface area contributed by atoms with Gasteiger partial charge in [0.25, 0.3) is 11.5 Å². The van der Waals surface area contributed by atoms with Crippen molar-refractivity contribution in [1.29, 1.82) is 5.41 Å². The number of fused-ring (bicyclic) bond motifs is 3. The highest BCUT2D eigenvalue weighted by molar-refractivity contribution is 7.17. The molecule has 0 saturated heterocycles. The van der Waals surface area contributed by atoms with Crippen molar-refractivity contribution in [3.05, 3.63) is 67.4 Å². The summed E-state index contributed by atoms with van der Waals surface area (Å²) >= 11 is 1.38. The number of nitrogens with one attached hydrogen (secondary N) is 2. The van der Waals surface area contributed by atoms with E-state index in [4.69, 9.17) is 10.1 Å². The molecule has 5 rings (SSSR count). The molecule has 0 fully saturated rings. The predicted molar refractivity (Wildman–Crippen MR) is 133 cm³/mol. The molecule has 1 amide bonds. The van der Waals surface area contributed by atoms with Gasteiger partial charge in [0.1, 0.15) is 21.8 Å². The number of aromatic nitrogens is 3. The second kappa shape index (κ2) is 8.77. The number of ether oxygens (including phenoxy) is 1. The molecule has 0 atom stereocenters. The zero-order valence-corrected chi connectivity index (χ0v) is 20.5. The van der Waals surface area contributed by atoms with Crippen LogP contribution in [-0.4, -0.2) is 32.4 Å². The van der Waals surface area contributed by atoms with Gasteiger partial charge in [-0.1, -0.05) is 6.07 Å². The molecule has 1 aliphatic rings. The van der Waals surface area contributed by atoms with Crippen LogP contribution >= 0.6 is 11.3 Å². The highest BCUT2D eigenvalue weighted by atomic mass is 32.1. The second-order valence-corrected chi connectivity index (χ2v) is 9.70. The van der Waals surface area contributed by atoms with Crippen molar-refractivity contribution in [3.63, 3.8) is 0 Å². The number of esters is 1. The minimum Gasteiger partial charge on any atom is -0.462 e. The van der Waals surface area contributed by atoms with E-state index < -0.39 is 11.9 Å². The molecule has 4 aromatic rings. The van der Waals surface area contributed by atoms with Crippen LogP contribution in [0.3, 0.4) is 0 Å². The van der Waals surface area contributed by atoms with Crippen LogP contribution in [0.4, 0.5) is 5.00 Å². The molecule has 0 aromatic carbocycles. The van der Waals surface area contributed by atoms with Crippen molar-refractivity contribution in [1.82, 2.24) is 14.0 Å². The number of carbonyl (C=O) groups excluding carboxylic acids is 2. The highest BCUT2D eigenvalue weighted by Gasteiger charge is 2.28. The number of hydrogen-bond acceptors (Lipinski definition) is 7. The molecule has 0 spiro atoms. The normalized spacial score (nSPS) is 13.1. The Bertz CT molecular complexity index is 1650. The molecule has 9 nitrogen and oxygen atoms in total. The van der Waals surface area contributed by atoms with Gasteiger partial charge in [0.2, 0.25) is 0 Å². The third kappa shape index (κ3) is 3.74. The monoisotopic (exact) mass is 491 g/mol. The molecule has 0 unspecified atom stereocenters. The third-order valence-corrected chi connectivity index (χ3v) is 7.59. The van der Waals surface area contributed by atoms with E-state index in [-0.39, 0.29) is 28.6 Å². The summed E-state index contributed by atoms with van der Waals surface area (Å²) in [6.45, 7) is 3.84. The largest absolute Gasteiger partial charge is 0.462 e. The lowest BCUT2D eigenvalue weighted by Gasteiger charge is -2.13. The van der Waals surface area contributed by atoms with E-state index in [1.54, 1.807) is 26.2 Å². The van der Waals surface area contributed by atoms with E-state index in [0.29, 0.717) is 21.9 Å². The Morgan fingerprint density at radius 1 is 1.26 bits per heavy atom. The number of nitrogens with zero attached hydrogens (tertiary/aromatic N) is 3. The van der Waals surface area contributed by atoms with E-state index >= 15 is 0 Å². The van der Waals surface area contributed by atoms with Gasteiger partial charge in [-0.25, -0.2) is 9.78 Å². The number of anilines is 1. The minimum absolute atomic E-state index is 0.0210. The first kappa shape index (κ1) is 23.0. The summed E-state index contributed by atoms with van der Waals surface area (Å²) in [5.74, 6) is -1.02. The van der Waals surface area contributed by atoms with Gasteiger partial charge in [0.05, 0.1) is 23.1 Å². The van der Waals surface area contributed by atoms with Crippen molar-refractivity contribution >= 4 is 44.9 Å². The fourth-order valence-corrected chi connectivity index (χ4v) is 5.87. The van der Waals surface area contributed by atoms with Gasteiger partial charge in [-0.05, 0) is 62.8 Å². The van der Waals surface area contributed by atoms with Gasteiger partial charge < -0.3 is 14.6 Å². The molecule has 4 heterocycles. The number of hydrogen-bond donors (Lipinski definition) is 2. The molecular formula is C25H25N5O4S. The topological polar surface area (TPSA) is 119 Å². The second-order valence-electron chi connectivity index (χ2n) is 8.59. The van der Waals surface area contributed by atoms with Crippen LogP contribution in [0.5, 0.6) is 0 Å². The molecule has 35 heavy (non-hydrogen) atoms. The first-order chi connectivity index (χ1) is 16.8. The van der Waals surface area contributed by atoms with Crippen molar-refractivity contribution < 1.29 is 14.3 Å². The Morgan fingerprint density at radius 2 is 2.03 bits per heavy atom. The van der Waals surface area contributed by atoms with Gasteiger partial charge >= 0.3 is 5.97 Å². The van der Waals surface area contributed by atoms with E-state index in [2.05, 4.69) is 10.3 Å². The van der Waals surface area contributed by atoms with Crippen LogP contribution in [0.15, 0.2) is 29.2 Å².